The van der Waals surface area contributed by atoms with Crippen molar-refractivity contribution in [3.8, 4) is 0 Å². The lowest BCUT2D eigenvalue weighted by atomic mass is 10.3. The predicted octanol–water partition coefficient (Wildman–Crippen LogP) is 2.36. The molecule has 86 valence electrons. The fourth-order valence-electron chi connectivity index (χ4n) is 1.61. The van der Waals surface area contributed by atoms with Crippen LogP contribution >= 0.6 is 11.3 Å². The molecular weight excluding hydrogens is 220 g/mol. The number of hydrogen-bond acceptors (Lipinski definition) is 4. The van der Waals surface area contributed by atoms with Crippen molar-refractivity contribution in [3.05, 3.63) is 28.0 Å². The molecule has 0 unspecified atom stereocenters. The lowest BCUT2D eigenvalue weighted by Crippen LogP contribution is -2.00. The molecule has 16 heavy (non-hydrogen) atoms. The van der Waals surface area contributed by atoms with Gasteiger partial charge in [-0.1, -0.05) is 6.92 Å². The maximum absolute atomic E-state index is 4.39. The van der Waals surface area contributed by atoms with Crippen LogP contribution in [-0.4, -0.2) is 14.8 Å². The topological polar surface area (TPSA) is 42.7 Å². The highest BCUT2D eigenvalue weighted by Gasteiger charge is 2.06. The average Bonchev–Trinajstić information content (AvgIpc) is 2.81. The van der Waals surface area contributed by atoms with Crippen LogP contribution in [0.15, 0.2) is 11.7 Å². The van der Waals surface area contributed by atoms with Gasteiger partial charge in [0.1, 0.15) is 0 Å². The first-order valence-corrected chi connectivity index (χ1v) is 6.24. The van der Waals surface area contributed by atoms with E-state index in [-0.39, 0.29) is 0 Å². The van der Waals surface area contributed by atoms with Crippen LogP contribution in [0.25, 0.3) is 0 Å². The second-order valence-electron chi connectivity index (χ2n) is 3.73. The molecule has 0 aromatic carbocycles. The molecule has 0 saturated heterocycles. The molecule has 0 aliphatic rings. The second kappa shape index (κ2) is 4.65. The number of nitrogens with one attached hydrogen (secondary N) is 1. The summed E-state index contributed by atoms with van der Waals surface area (Å²) in [7, 11) is 1.95. The first kappa shape index (κ1) is 11.1. The number of hydrogen-bond donors (Lipinski definition) is 1. The van der Waals surface area contributed by atoms with Crippen LogP contribution in [0, 0.1) is 6.92 Å². The van der Waals surface area contributed by atoms with Crippen LogP contribution < -0.4 is 5.32 Å². The highest BCUT2D eigenvalue weighted by atomic mass is 32.1. The Morgan fingerprint density at radius 1 is 1.50 bits per heavy atom. The predicted molar refractivity (Wildman–Crippen MR) is 66.8 cm³/mol. The Morgan fingerprint density at radius 2 is 2.31 bits per heavy atom. The number of aromatic nitrogens is 3. The van der Waals surface area contributed by atoms with Gasteiger partial charge in [0.05, 0.1) is 29.1 Å². The molecule has 0 fully saturated rings. The van der Waals surface area contributed by atoms with Gasteiger partial charge in [0.15, 0.2) is 0 Å². The van der Waals surface area contributed by atoms with Gasteiger partial charge >= 0.3 is 0 Å². The molecule has 0 aliphatic heterocycles. The second-order valence-corrected chi connectivity index (χ2v) is 4.67. The summed E-state index contributed by atoms with van der Waals surface area (Å²) in [6, 6.07) is 0. The summed E-state index contributed by atoms with van der Waals surface area (Å²) < 4.78 is 1.85. The van der Waals surface area contributed by atoms with E-state index in [1.165, 1.54) is 4.88 Å². The lowest BCUT2D eigenvalue weighted by Gasteiger charge is -2.03. The van der Waals surface area contributed by atoms with E-state index < -0.39 is 0 Å². The van der Waals surface area contributed by atoms with E-state index >= 15 is 0 Å². The molecule has 0 amide bonds. The molecule has 4 nitrogen and oxygen atoms in total. The zero-order valence-corrected chi connectivity index (χ0v) is 10.6. The Balaban J connectivity index is 2.07. The molecule has 0 spiro atoms. The normalized spacial score (nSPS) is 10.7. The van der Waals surface area contributed by atoms with Gasteiger partial charge in [-0.25, -0.2) is 4.98 Å². The number of nitrogens with zero attached hydrogens (tertiary/aromatic N) is 3. The molecule has 2 rings (SSSR count). The molecule has 2 aromatic heterocycles. The standard InChI is InChI=1S/C11H16N4S/c1-4-9-10(6-15(3)14-9)12-5-11-8(2)13-7-16-11/h6-7,12H,4-5H2,1-3H3. The van der Waals surface area contributed by atoms with Crippen LogP contribution in [0.1, 0.15) is 23.2 Å². The van der Waals surface area contributed by atoms with Gasteiger partial charge in [-0.15, -0.1) is 11.3 Å². The summed E-state index contributed by atoms with van der Waals surface area (Å²) >= 11 is 1.69. The minimum Gasteiger partial charge on any atom is -0.377 e. The molecule has 2 heterocycles. The fraction of sp³-hybridized carbons (Fsp3) is 0.455. The molecule has 0 bridgehead atoms. The molecule has 0 atom stereocenters. The third-order valence-electron chi connectivity index (χ3n) is 2.52. The SMILES string of the molecule is CCc1nn(C)cc1NCc1scnc1C. The van der Waals surface area contributed by atoms with Gasteiger partial charge in [-0.2, -0.15) is 5.10 Å². The van der Waals surface area contributed by atoms with Gasteiger partial charge in [-0.05, 0) is 13.3 Å². The Bertz CT molecular complexity index is 472. The quantitative estimate of drug-likeness (QED) is 0.886. The van der Waals surface area contributed by atoms with Crippen molar-refractivity contribution in [2.75, 3.05) is 5.32 Å². The monoisotopic (exact) mass is 236 g/mol. The third-order valence-corrected chi connectivity index (χ3v) is 3.46. The fourth-order valence-corrected chi connectivity index (χ4v) is 2.33. The maximum Gasteiger partial charge on any atom is 0.0853 e. The molecule has 5 heteroatoms. The van der Waals surface area contributed by atoms with Gasteiger partial charge < -0.3 is 5.32 Å². The Hall–Kier alpha value is -1.36. The molecule has 2 aromatic rings. The number of aryl methyl sites for hydroxylation is 3. The van der Waals surface area contributed by atoms with Crippen molar-refractivity contribution in [1.29, 1.82) is 0 Å². The van der Waals surface area contributed by atoms with Crippen molar-refractivity contribution >= 4 is 17.0 Å². The summed E-state index contributed by atoms with van der Waals surface area (Å²) in [5, 5.41) is 7.81. The van der Waals surface area contributed by atoms with E-state index in [1.807, 2.05) is 30.4 Å². The highest BCUT2D eigenvalue weighted by molar-refractivity contribution is 7.09. The van der Waals surface area contributed by atoms with E-state index in [9.17, 15) is 0 Å². The minimum atomic E-state index is 0.829. The van der Waals surface area contributed by atoms with Crippen molar-refractivity contribution in [2.45, 2.75) is 26.8 Å². The Labute approximate surface area is 99.3 Å². The maximum atomic E-state index is 4.39. The first-order valence-electron chi connectivity index (χ1n) is 5.36. The molecule has 1 N–H and O–H groups in total. The van der Waals surface area contributed by atoms with Crippen LogP contribution in [0.3, 0.4) is 0 Å². The summed E-state index contributed by atoms with van der Waals surface area (Å²) in [6.07, 6.45) is 2.97. The van der Waals surface area contributed by atoms with E-state index in [0.29, 0.717) is 0 Å². The van der Waals surface area contributed by atoms with Gasteiger partial charge in [0.2, 0.25) is 0 Å². The highest BCUT2D eigenvalue weighted by Crippen LogP contribution is 2.18. The smallest absolute Gasteiger partial charge is 0.0853 e. The van der Waals surface area contributed by atoms with E-state index in [0.717, 1.165) is 30.0 Å². The number of thiazole rings is 1. The summed E-state index contributed by atoms with van der Waals surface area (Å²) in [5.74, 6) is 0. The lowest BCUT2D eigenvalue weighted by molar-refractivity contribution is 0.746. The van der Waals surface area contributed by atoms with Crippen molar-refractivity contribution in [1.82, 2.24) is 14.8 Å². The van der Waals surface area contributed by atoms with E-state index in [4.69, 9.17) is 0 Å². The summed E-state index contributed by atoms with van der Waals surface area (Å²) in [4.78, 5) is 5.52. The molecular formula is C11H16N4S. The van der Waals surface area contributed by atoms with Crippen LogP contribution in [-0.2, 0) is 20.0 Å². The zero-order chi connectivity index (χ0) is 11.5. The van der Waals surface area contributed by atoms with E-state index in [2.05, 4.69) is 22.3 Å². The molecule has 0 saturated carbocycles. The third kappa shape index (κ3) is 2.24. The average molecular weight is 236 g/mol. The minimum absolute atomic E-state index is 0.829. The van der Waals surface area contributed by atoms with Gasteiger partial charge in [-0.3, -0.25) is 4.68 Å². The Morgan fingerprint density at radius 3 is 2.94 bits per heavy atom. The van der Waals surface area contributed by atoms with Crippen LogP contribution in [0.2, 0.25) is 0 Å². The largest absolute Gasteiger partial charge is 0.377 e. The van der Waals surface area contributed by atoms with Crippen molar-refractivity contribution < 1.29 is 0 Å². The van der Waals surface area contributed by atoms with E-state index in [1.54, 1.807) is 11.3 Å². The van der Waals surface area contributed by atoms with Crippen molar-refractivity contribution in [2.24, 2.45) is 7.05 Å². The number of rotatable bonds is 4. The van der Waals surface area contributed by atoms with Crippen LogP contribution in [0.5, 0.6) is 0 Å². The number of anilines is 1. The molecule has 0 radical (unpaired) electrons. The first-order chi connectivity index (χ1) is 7.70. The zero-order valence-electron chi connectivity index (χ0n) is 9.82. The van der Waals surface area contributed by atoms with Crippen LogP contribution in [0.4, 0.5) is 5.69 Å². The summed E-state index contributed by atoms with van der Waals surface area (Å²) in [5.41, 5.74) is 5.23. The van der Waals surface area contributed by atoms with Gasteiger partial charge in [0, 0.05) is 18.1 Å². The molecule has 0 aliphatic carbocycles. The van der Waals surface area contributed by atoms with Gasteiger partial charge in [0.25, 0.3) is 0 Å². The summed E-state index contributed by atoms with van der Waals surface area (Å²) in [6.45, 7) is 4.98. The Kier molecular flexibility index (Phi) is 3.24. The van der Waals surface area contributed by atoms with Crippen molar-refractivity contribution in [3.63, 3.8) is 0 Å².